The van der Waals surface area contributed by atoms with Crippen molar-refractivity contribution in [3.63, 3.8) is 0 Å². The van der Waals surface area contributed by atoms with Crippen LogP contribution in [-0.2, 0) is 46.5 Å². The number of aliphatic hydroxyl groups is 4. The third-order valence-electron chi connectivity index (χ3n) is 11.0. The first-order valence-corrected chi connectivity index (χ1v) is 27.0. The van der Waals surface area contributed by atoms with Crippen LogP contribution in [0.25, 0.3) is 0 Å². The fourth-order valence-corrected chi connectivity index (χ4v) is 8.68. The van der Waals surface area contributed by atoms with Gasteiger partial charge >= 0.3 is 27.6 Å². The molecule has 2 fully saturated rings. The SMILES string of the molecule is CCCCC/C=C\C/C=C\C/C=C\C/C=C\CCCC(=O)O[C@H](COC(=O)CCCCCCC/C=C\CC1OC1CCCCC)COP(=O)(O)O[C@H]1C(O)C(O)C(O)[C@@H](OP(=O)(O)O)C1O. The summed E-state index contributed by atoms with van der Waals surface area (Å²) >= 11 is 0. The molecule has 7 N–H and O–H groups in total. The first-order valence-electron chi connectivity index (χ1n) is 24.0. The highest BCUT2D eigenvalue weighted by Gasteiger charge is 2.54. The van der Waals surface area contributed by atoms with Crippen LogP contribution in [0.15, 0.2) is 60.8 Å². The summed E-state index contributed by atoms with van der Waals surface area (Å²) in [6.45, 7) is 2.98. The molecule has 7 unspecified atom stereocenters. The Morgan fingerprint density at radius 3 is 1.70 bits per heavy atom. The number of hydrogen-bond donors (Lipinski definition) is 7. The van der Waals surface area contributed by atoms with Gasteiger partial charge in [0, 0.05) is 12.8 Å². The van der Waals surface area contributed by atoms with Gasteiger partial charge in [-0.2, -0.15) is 0 Å². The van der Waals surface area contributed by atoms with Crippen LogP contribution in [0.4, 0.5) is 0 Å². The fourth-order valence-electron chi connectivity index (χ4n) is 7.14. The van der Waals surface area contributed by atoms with E-state index in [1.165, 1.54) is 38.5 Å². The van der Waals surface area contributed by atoms with Gasteiger partial charge in [-0.05, 0) is 77.0 Å². The van der Waals surface area contributed by atoms with Crippen molar-refractivity contribution < 1.29 is 81.6 Å². The van der Waals surface area contributed by atoms with E-state index in [9.17, 15) is 53.8 Å². The van der Waals surface area contributed by atoms with Crippen molar-refractivity contribution in [2.24, 2.45) is 0 Å². The number of epoxide rings is 1. The molecule has 1 aliphatic heterocycles. The van der Waals surface area contributed by atoms with Crippen LogP contribution in [0, 0.1) is 0 Å². The maximum Gasteiger partial charge on any atom is 0.472 e. The molecule has 17 nitrogen and oxygen atoms in total. The normalized spacial score (nSPS) is 25.1. The van der Waals surface area contributed by atoms with E-state index in [-0.39, 0.29) is 12.8 Å². The van der Waals surface area contributed by atoms with E-state index in [0.717, 1.165) is 70.6 Å². The summed E-state index contributed by atoms with van der Waals surface area (Å²) in [5, 5.41) is 41.2. The third-order valence-corrected chi connectivity index (χ3v) is 12.5. The molecule has 1 saturated heterocycles. The quantitative estimate of drug-likeness (QED) is 0.0101. The van der Waals surface area contributed by atoms with Crippen molar-refractivity contribution in [1.82, 2.24) is 0 Å². The summed E-state index contributed by atoms with van der Waals surface area (Å²) in [5.41, 5.74) is 0. The highest BCUT2D eigenvalue weighted by Crippen LogP contribution is 2.49. The second-order valence-corrected chi connectivity index (χ2v) is 19.5. The van der Waals surface area contributed by atoms with Gasteiger partial charge in [-0.1, -0.05) is 126 Å². The van der Waals surface area contributed by atoms with Crippen molar-refractivity contribution in [3.05, 3.63) is 60.8 Å². The number of rotatable bonds is 38. The monoisotopic (exact) mass is 978 g/mol. The molecular weight excluding hydrogens is 898 g/mol. The van der Waals surface area contributed by atoms with Gasteiger partial charge in [0.25, 0.3) is 0 Å². The molecule has 2 rings (SSSR count). The molecule has 0 radical (unpaired) electrons. The molecule has 0 amide bonds. The minimum atomic E-state index is -5.38. The van der Waals surface area contributed by atoms with E-state index in [4.69, 9.17) is 23.3 Å². The van der Waals surface area contributed by atoms with Crippen LogP contribution in [0.2, 0.25) is 0 Å². The van der Waals surface area contributed by atoms with Gasteiger partial charge < -0.3 is 49.3 Å². The van der Waals surface area contributed by atoms with Gasteiger partial charge in [-0.25, -0.2) is 9.13 Å². The Bertz CT molecular complexity index is 1580. The second-order valence-electron chi connectivity index (χ2n) is 16.9. The Balaban J connectivity index is 1.82. The first kappa shape index (κ1) is 59.8. The Morgan fingerprint density at radius 2 is 1.08 bits per heavy atom. The highest BCUT2D eigenvalue weighted by molar-refractivity contribution is 7.47. The zero-order valence-electron chi connectivity index (χ0n) is 39.0. The van der Waals surface area contributed by atoms with E-state index in [0.29, 0.717) is 31.5 Å². The van der Waals surface area contributed by atoms with Crippen LogP contribution in [0.3, 0.4) is 0 Å². The second kappa shape index (κ2) is 34.9. The molecule has 1 aliphatic carbocycles. The van der Waals surface area contributed by atoms with Crippen molar-refractivity contribution in [3.8, 4) is 0 Å². The van der Waals surface area contributed by atoms with Gasteiger partial charge in [0.2, 0.25) is 0 Å². The molecule has 19 heteroatoms. The van der Waals surface area contributed by atoms with Gasteiger partial charge in [0.1, 0.15) is 43.2 Å². The number of ether oxygens (including phenoxy) is 3. The van der Waals surface area contributed by atoms with Crippen LogP contribution in [-0.4, -0.2) is 115 Å². The van der Waals surface area contributed by atoms with E-state index in [2.05, 4.69) is 67.0 Å². The number of carbonyl (C=O) groups excluding carboxylic acids is 2. The van der Waals surface area contributed by atoms with E-state index in [1.807, 2.05) is 12.2 Å². The van der Waals surface area contributed by atoms with Crippen LogP contribution in [0.5, 0.6) is 0 Å². The van der Waals surface area contributed by atoms with E-state index in [1.54, 1.807) is 0 Å². The molecule has 0 aromatic rings. The third kappa shape index (κ3) is 28.2. The summed E-state index contributed by atoms with van der Waals surface area (Å²) in [5.74, 6) is -1.30. The van der Waals surface area contributed by atoms with Crippen molar-refractivity contribution in [2.75, 3.05) is 13.2 Å². The van der Waals surface area contributed by atoms with Crippen molar-refractivity contribution in [1.29, 1.82) is 0 Å². The molecule has 0 spiro atoms. The number of hydrogen-bond acceptors (Lipinski definition) is 14. The zero-order valence-corrected chi connectivity index (χ0v) is 40.8. The predicted octanol–water partition coefficient (Wildman–Crippen LogP) is 8.05. The highest BCUT2D eigenvalue weighted by atomic mass is 31.2. The number of aliphatic hydroxyl groups excluding tert-OH is 4. The van der Waals surface area contributed by atoms with E-state index < -0.39 is 83.5 Å². The number of unbranched alkanes of at least 4 members (excludes halogenated alkanes) is 11. The number of phosphoric ester groups is 2. The minimum absolute atomic E-state index is 0.0400. The smallest absolute Gasteiger partial charge is 0.462 e. The largest absolute Gasteiger partial charge is 0.472 e. The van der Waals surface area contributed by atoms with Gasteiger partial charge in [-0.3, -0.25) is 23.2 Å². The lowest BCUT2D eigenvalue weighted by Gasteiger charge is -2.43. The lowest BCUT2D eigenvalue weighted by Crippen LogP contribution is -2.64. The van der Waals surface area contributed by atoms with Crippen LogP contribution < -0.4 is 0 Å². The summed E-state index contributed by atoms with van der Waals surface area (Å²) in [4.78, 5) is 54.3. The zero-order chi connectivity index (χ0) is 48.6. The maximum atomic E-state index is 13.0. The lowest BCUT2D eigenvalue weighted by molar-refractivity contribution is -0.216. The number of allylic oxidation sites excluding steroid dienone is 9. The summed E-state index contributed by atoms with van der Waals surface area (Å²) in [6, 6.07) is 0. The summed E-state index contributed by atoms with van der Waals surface area (Å²) < 4.78 is 55.0. The average molecular weight is 979 g/mol. The lowest BCUT2D eigenvalue weighted by atomic mass is 9.85. The summed E-state index contributed by atoms with van der Waals surface area (Å²) in [6.07, 6.45) is 26.4. The Kier molecular flexibility index (Phi) is 31.6. The fraction of sp³-hybridized carbons (Fsp3) is 0.745. The standard InChI is InChI=1S/C47H80O17P2/c1-3-5-7-8-9-10-11-12-13-14-15-16-17-18-23-26-30-34-41(49)61-37(36-60-66(57,58)64-47-44(52)42(50)43(51)46(45(47)53)63-65(54,55)56)35-59-40(48)33-29-25-22-20-19-21-24-28-32-39-38(62-39)31-27-6-4-2/h9-10,12-13,15-16,18,23-24,28,37-39,42-47,50-53H,3-8,11,14,17,19-22,25-27,29-36H2,1-2H3,(H,57,58)(H2,54,55,56)/b10-9-,13-12-,16-15-,23-18-,28-24-/t37-,38?,39?,42?,43?,44?,45?,46-,47+/m1/s1. The van der Waals surface area contributed by atoms with Crippen LogP contribution in [0.1, 0.15) is 155 Å². The molecule has 2 aliphatic rings. The Hall–Kier alpha value is -2.34. The first-order chi connectivity index (χ1) is 31.6. The topological polar surface area (TPSA) is 269 Å². The molecule has 0 aromatic carbocycles. The van der Waals surface area contributed by atoms with E-state index >= 15 is 0 Å². The molecule has 0 bridgehead atoms. The number of phosphoric acid groups is 2. The predicted molar refractivity (Wildman–Crippen MR) is 250 cm³/mol. The molecule has 380 valence electrons. The minimum Gasteiger partial charge on any atom is -0.462 e. The van der Waals surface area contributed by atoms with Gasteiger partial charge in [0.15, 0.2) is 6.10 Å². The van der Waals surface area contributed by atoms with Crippen molar-refractivity contribution in [2.45, 2.75) is 210 Å². The average Bonchev–Trinajstić information content (AvgIpc) is 4.03. The van der Waals surface area contributed by atoms with Crippen LogP contribution >= 0.6 is 15.6 Å². The summed E-state index contributed by atoms with van der Waals surface area (Å²) in [7, 11) is -10.7. The van der Waals surface area contributed by atoms with Crippen molar-refractivity contribution >= 4 is 27.6 Å². The van der Waals surface area contributed by atoms with Gasteiger partial charge in [0.05, 0.1) is 18.8 Å². The van der Waals surface area contributed by atoms with Gasteiger partial charge in [-0.15, -0.1) is 0 Å². The maximum absolute atomic E-state index is 13.0. The Morgan fingerprint density at radius 1 is 0.561 bits per heavy atom. The molecule has 0 aromatic heterocycles. The molecule has 66 heavy (non-hydrogen) atoms. The molecule has 10 atom stereocenters. The molecule has 1 heterocycles. The number of esters is 2. The molecular formula is C47H80O17P2. The molecule has 1 saturated carbocycles. The Labute approximate surface area is 392 Å². The number of carbonyl (C=O) groups is 2.